The van der Waals surface area contributed by atoms with Crippen LogP contribution in [0.2, 0.25) is 0 Å². The van der Waals surface area contributed by atoms with Gasteiger partial charge in [0.15, 0.2) is 8.07 Å². The summed E-state index contributed by atoms with van der Waals surface area (Å²) in [7, 11) is -2.94. The molecule has 0 N–H and O–H groups in total. The molecule has 10 aromatic carbocycles. The average molecular weight is 857 g/mol. The van der Waals surface area contributed by atoms with Crippen molar-refractivity contribution in [3.05, 3.63) is 242 Å². The Bertz CT molecular complexity index is 4230. The van der Waals surface area contributed by atoms with Crippen molar-refractivity contribution in [3.8, 4) is 22.5 Å². The number of fused-ring (bicyclic) bond motifs is 10. The average Bonchev–Trinajstić information content (AvgIpc) is 4.11. The number of aromatic nitrogens is 2. The third-order valence-corrected chi connectivity index (χ3v) is 18.9. The summed E-state index contributed by atoms with van der Waals surface area (Å²) in [5, 5.41) is 8.90. The molecule has 300 valence electrons. The molecule has 0 aliphatic carbocycles. The molecular weight excluding hydrogens is 809 g/mol. The minimum Gasteiger partial charge on any atom is -0.309 e. The Morgan fingerprint density at radius 3 is 1.53 bits per heavy atom. The van der Waals surface area contributed by atoms with E-state index in [9.17, 15) is 2.74 Å². The molecule has 0 atom stereocenters. The topological polar surface area (TPSA) is 9.86 Å². The quantitative estimate of drug-likeness (QED) is 0.112. The molecule has 3 heterocycles. The fourth-order valence-electron chi connectivity index (χ4n) is 10.2. The highest BCUT2D eigenvalue weighted by Gasteiger charge is 2.41. The van der Waals surface area contributed by atoms with E-state index in [2.05, 4.69) is 162 Å². The predicted octanol–water partition coefficient (Wildman–Crippen LogP) is 13.3. The zero-order valence-electron chi connectivity index (χ0n) is 42.3. The van der Waals surface area contributed by atoms with E-state index in [-0.39, 0.29) is 46.0 Å². The van der Waals surface area contributed by atoms with Crippen molar-refractivity contribution < 1.29 is 11.0 Å². The lowest BCUT2D eigenvalue weighted by Crippen LogP contribution is -2.74. The number of benzene rings is 10. The van der Waals surface area contributed by atoms with E-state index < -0.39 is 32.2 Å². The number of para-hydroxylation sites is 3. The van der Waals surface area contributed by atoms with Gasteiger partial charge in [0.1, 0.15) is 0 Å². The Balaban J connectivity index is 1.11. The molecule has 0 unspecified atom stereocenters. The van der Waals surface area contributed by atoms with Crippen LogP contribution >= 0.6 is 11.3 Å². The van der Waals surface area contributed by atoms with Crippen molar-refractivity contribution in [1.82, 2.24) is 9.13 Å². The van der Waals surface area contributed by atoms with E-state index in [0.29, 0.717) is 5.69 Å². The third-order valence-electron chi connectivity index (χ3n) is 12.9. The Kier molecular flexibility index (Phi) is 6.77. The van der Waals surface area contributed by atoms with E-state index >= 15 is 0 Å². The van der Waals surface area contributed by atoms with Gasteiger partial charge >= 0.3 is 0 Å². The van der Waals surface area contributed by atoms with Gasteiger partial charge in [0, 0.05) is 42.7 Å². The minimum absolute atomic E-state index is 0.0534. The highest BCUT2D eigenvalue weighted by Crippen LogP contribution is 2.47. The van der Waals surface area contributed by atoms with Crippen LogP contribution in [0.5, 0.6) is 0 Å². The molecule has 4 heteroatoms. The maximum absolute atomic E-state index is 9.37. The molecule has 3 aromatic heterocycles. The zero-order chi connectivity index (χ0) is 49.2. The lowest BCUT2D eigenvalue weighted by Gasteiger charge is -2.34. The van der Waals surface area contributed by atoms with Gasteiger partial charge in [0.25, 0.3) is 0 Å². The van der Waals surface area contributed by atoms with Crippen LogP contribution in [0.4, 0.5) is 0 Å². The Morgan fingerprint density at radius 2 is 0.891 bits per heavy atom. The highest BCUT2D eigenvalue weighted by molar-refractivity contribution is 7.26. The van der Waals surface area contributed by atoms with Gasteiger partial charge in [-0.3, -0.25) is 0 Å². The zero-order valence-corrected chi connectivity index (χ0v) is 36.1. The van der Waals surface area contributed by atoms with Crippen LogP contribution in [0.3, 0.4) is 0 Å². The van der Waals surface area contributed by atoms with E-state index in [1.807, 2.05) is 36.4 Å². The molecule has 0 aliphatic rings. The molecule has 0 spiro atoms. The molecule has 0 saturated carbocycles. The molecule has 13 rings (SSSR count). The second-order valence-electron chi connectivity index (χ2n) is 16.2. The van der Waals surface area contributed by atoms with Gasteiger partial charge in [-0.15, -0.1) is 11.3 Å². The summed E-state index contributed by atoms with van der Waals surface area (Å²) in [6.45, 7) is 0. The molecule has 0 radical (unpaired) electrons. The lowest BCUT2D eigenvalue weighted by molar-refractivity contribution is 1.18. The maximum atomic E-state index is 9.37. The molecule has 0 amide bonds. The van der Waals surface area contributed by atoms with Crippen molar-refractivity contribution in [2.45, 2.75) is 0 Å². The molecule has 13 aromatic rings. The van der Waals surface area contributed by atoms with Crippen LogP contribution < -0.4 is 20.7 Å². The predicted molar refractivity (Wildman–Crippen MR) is 277 cm³/mol. The van der Waals surface area contributed by atoms with Crippen molar-refractivity contribution in [1.29, 1.82) is 0 Å². The largest absolute Gasteiger partial charge is 0.309 e. The van der Waals surface area contributed by atoms with Gasteiger partial charge in [-0.25, -0.2) is 0 Å². The number of nitrogens with zero attached hydrogens (tertiary/aromatic N) is 2. The Morgan fingerprint density at radius 1 is 0.391 bits per heavy atom. The van der Waals surface area contributed by atoms with Gasteiger partial charge in [-0.2, -0.15) is 0 Å². The van der Waals surface area contributed by atoms with Crippen LogP contribution in [-0.4, -0.2) is 17.2 Å². The molecule has 0 fully saturated rings. The fraction of sp³-hybridized carbons (Fsp3) is 0. The van der Waals surface area contributed by atoms with Crippen molar-refractivity contribution in [2.75, 3.05) is 0 Å². The van der Waals surface area contributed by atoms with Crippen LogP contribution in [0.1, 0.15) is 11.0 Å². The number of hydrogen-bond donors (Lipinski definition) is 0. The van der Waals surface area contributed by atoms with E-state index in [1.165, 1.54) is 26.3 Å². The number of thiophene rings is 1. The number of rotatable bonds is 7. The van der Waals surface area contributed by atoms with Crippen molar-refractivity contribution in [3.63, 3.8) is 0 Å². The van der Waals surface area contributed by atoms with Crippen LogP contribution in [0.15, 0.2) is 242 Å². The summed E-state index contributed by atoms with van der Waals surface area (Å²) in [6.07, 6.45) is 0. The monoisotopic (exact) mass is 856 g/mol. The van der Waals surface area contributed by atoms with Crippen LogP contribution in [0, 0.1) is 0 Å². The molecule has 0 bridgehead atoms. The summed E-state index contributed by atoms with van der Waals surface area (Å²) < 4.78 is 77.9. The Labute approximate surface area is 387 Å². The molecular formula is C60H40N2SSi. The second-order valence-corrected chi connectivity index (χ2v) is 21.1. The third kappa shape index (κ3) is 5.43. The summed E-state index contributed by atoms with van der Waals surface area (Å²) in [5.41, 5.74) is 5.96. The second kappa shape index (κ2) is 14.7. The lowest BCUT2D eigenvalue weighted by atomic mass is 10.1. The fourth-order valence-corrected chi connectivity index (χ4v) is 16.1. The first kappa shape index (κ1) is 29.5. The molecule has 0 saturated heterocycles. The molecule has 64 heavy (non-hydrogen) atoms. The first-order valence-electron chi connectivity index (χ1n) is 25.4. The maximum Gasteiger partial charge on any atom is 0.179 e. The van der Waals surface area contributed by atoms with Gasteiger partial charge in [-0.05, 0) is 74.3 Å². The van der Waals surface area contributed by atoms with Gasteiger partial charge in [-0.1, -0.05) is 200 Å². The normalized spacial score (nSPS) is 13.8. The first-order chi connectivity index (χ1) is 35.1. The van der Waals surface area contributed by atoms with Crippen molar-refractivity contribution in [2.24, 2.45) is 0 Å². The van der Waals surface area contributed by atoms with E-state index in [0.717, 1.165) is 53.2 Å². The highest BCUT2D eigenvalue weighted by atomic mass is 32.1. The van der Waals surface area contributed by atoms with Gasteiger partial charge in [0.2, 0.25) is 0 Å². The molecule has 0 aliphatic heterocycles. The summed E-state index contributed by atoms with van der Waals surface area (Å²) >= 11 is 1.55. The van der Waals surface area contributed by atoms with E-state index in [1.54, 1.807) is 15.9 Å². The van der Waals surface area contributed by atoms with E-state index in [4.69, 9.17) is 8.22 Å². The van der Waals surface area contributed by atoms with Crippen LogP contribution in [0.25, 0.3) is 86.3 Å². The summed E-state index contributed by atoms with van der Waals surface area (Å²) in [4.78, 5) is 0. The summed E-state index contributed by atoms with van der Waals surface area (Å²) in [5.74, 6) is 0. The standard InChI is InChI=1S/C60H40N2SSi/c1-4-18-41(19-5-1)42-32-36-46(37-33-42)64(44-20-6-2-7-21-44,45-22-8-3-9-23-45)47-38-34-43(35-39-47)61-53-28-14-12-26-50(53)52-40-56(60-58(59(52)61)51-27-13-17-31-57(51)63-60)62-54-29-15-10-24-48(54)49-25-11-16-30-55(49)62/h1-40H/i10D,11D,15D,16D,24D,25D,29D,30D. The summed E-state index contributed by atoms with van der Waals surface area (Å²) in [6, 6.07) is 65.8. The number of hydrogen-bond acceptors (Lipinski definition) is 1. The van der Waals surface area contributed by atoms with Gasteiger partial charge < -0.3 is 9.13 Å². The molecule has 2 nitrogen and oxygen atoms in total. The van der Waals surface area contributed by atoms with Crippen molar-refractivity contribution >= 4 is 104 Å². The first-order valence-corrected chi connectivity index (χ1v) is 24.2. The Hall–Kier alpha value is -7.76. The smallest absolute Gasteiger partial charge is 0.179 e. The SMILES string of the molecule is [2H]c1c([2H])c([2H])c2c(c1[2H])c1c([2H])c([2H])c([2H])c([2H])c1n2-c1cc2c3ccccc3n(-c3ccc([Si](c4ccccc4)(c4ccccc4)c4ccc(-c5ccccc5)cc4)cc3)c2c2c1sc1ccccc12. The van der Waals surface area contributed by atoms with Gasteiger partial charge in [0.05, 0.1) is 43.4 Å². The minimum atomic E-state index is -2.94. The van der Waals surface area contributed by atoms with Crippen LogP contribution in [-0.2, 0) is 0 Å².